The van der Waals surface area contributed by atoms with Gasteiger partial charge in [0.1, 0.15) is 0 Å². The van der Waals surface area contributed by atoms with E-state index in [1.54, 1.807) is 6.07 Å². The zero-order valence-electron chi connectivity index (χ0n) is 12.1. The van der Waals surface area contributed by atoms with Crippen molar-refractivity contribution < 1.29 is 4.92 Å². The topological polar surface area (TPSA) is 71.3 Å². The highest BCUT2D eigenvalue weighted by Gasteiger charge is 2.18. The number of aromatic nitrogens is 1. The number of likely N-dealkylation sites (tertiary alicyclic amines) is 1. The van der Waals surface area contributed by atoms with Gasteiger partial charge in [-0.05, 0) is 58.3 Å². The average molecular weight is 278 g/mol. The van der Waals surface area contributed by atoms with Gasteiger partial charge in [0.2, 0.25) is 5.82 Å². The smallest absolute Gasteiger partial charge is 0.311 e. The first kappa shape index (κ1) is 14.7. The summed E-state index contributed by atoms with van der Waals surface area (Å²) in [4.78, 5) is 17.1. The van der Waals surface area contributed by atoms with Crippen LogP contribution in [0.1, 0.15) is 25.0 Å². The van der Waals surface area contributed by atoms with Crippen molar-refractivity contribution in [3.63, 3.8) is 0 Å². The van der Waals surface area contributed by atoms with Crippen molar-refractivity contribution in [3.8, 4) is 0 Å². The van der Waals surface area contributed by atoms with Gasteiger partial charge in [-0.2, -0.15) is 0 Å². The predicted octanol–water partition coefficient (Wildman–Crippen LogP) is 2.44. The molecule has 6 nitrogen and oxygen atoms in total. The summed E-state index contributed by atoms with van der Waals surface area (Å²) in [5.41, 5.74) is 0.844. The molecular formula is C14H22N4O2. The number of aryl methyl sites for hydroxylation is 1. The molecule has 0 spiro atoms. The van der Waals surface area contributed by atoms with Crippen molar-refractivity contribution in [3.05, 3.63) is 27.9 Å². The average Bonchev–Trinajstić information content (AvgIpc) is 2.41. The van der Waals surface area contributed by atoms with Crippen LogP contribution >= 0.6 is 0 Å². The van der Waals surface area contributed by atoms with Gasteiger partial charge in [-0.1, -0.05) is 0 Å². The Morgan fingerprint density at radius 2 is 2.15 bits per heavy atom. The standard InChI is InChI=1S/C14H22N4O2/c1-11-3-4-13(18(19)20)14(16-11)15-8-5-12-6-9-17(2)10-7-12/h3-4,12H,5-10H2,1-2H3,(H,15,16). The van der Waals surface area contributed by atoms with E-state index in [1.165, 1.54) is 18.9 Å². The summed E-state index contributed by atoms with van der Waals surface area (Å²) in [6.07, 6.45) is 3.46. The Morgan fingerprint density at radius 3 is 2.80 bits per heavy atom. The molecule has 0 amide bonds. The Labute approximate surface area is 119 Å². The summed E-state index contributed by atoms with van der Waals surface area (Å²) < 4.78 is 0. The first-order chi connectivity index (χ1) is 9.56. The second-order valence-corrected chi connectivity index (χ2v) is 5.54. The number of nitrogens with one attached hydrogen (secondary N) is 1. The Bertz CT molecular complexity index is 470. The van der Waals surface area contributed by atoms with Crippen molar-refractivity contribution >= 4 is 11.5 Å². The van der Waals surface area contributed by atoms with Crippen molar-refractivity contribution in [2.75, 3.05) is 32.0 Å². The molecule has 0 aliphatic carbocycles. The second kappa shape index (κ2) is 6.65. The quantitative estimate of drug-likeness (QED) is 0.661. The molecule has 20 heavy (non-hydrogen) atoms. The number of piperidine rings is 1. The number of anilines is 1. The van der Waals surface area contributed by atoms with Crippen LogP contribution in [0.25, 0.3) is 0 Å². The first-order valence-electron chi connectivity index (χ1n) is 7.10. The third kappa shape index (κ3) is 3.90. The zero-order chi connectivity index (χ0) is 14.5. The lowest BCUT2D eigenvalue weighted by atomic mass is 9.94. The summed E-state index contributed by atoms with van der Waals surface area (Å²) in [6.45, 7) is 4.87. The molecule has 0 unspecified atom stereocenters. The molecule has 1 N–H and O–H groups in total. The molecular weight excluding hydrogens is 256 g/mol. The fourth-order valence-corrected chi connectivity index (χ4v) is 2.57. The van der Waals surface area contributed by atoms with Gasteiger partial charge >= 0.3 is 5.69 Å². The lowest BCUT2D eigenvalue weighted by Gasteiger charge is -2.28. The molecule has 1 aromatic heterocycles. The maximum absolute atomic E-state index is 11.0. The van der Waals surface area contributed by atoms with Crippen LogP contribution in [0.3, 0.4) is 0 Å². The number of nitro groups is 1. The van der Waals surface area contributed by atoms with Gasteiger partial charge < -0.3 is 10.2 Å². The van der Waals surface area contributed by atoms with Crippen molar-refractivity contribution in [2.24, 2.45) is 5.92 Å². The summed E-state index contributed by atoms with van der Waals surface area (Å²) in [6, 6.07) is 3.18. The van der Waals surface area contributed by atoms with Gasteiger partial charge in [-0.15, -0.1) is 0 Å². The summed E-state index contributed by atoms with van der Waals surface area (Å²) in [7, 11) is 2.15. The van der Waals surface area contributed by atoms with Crippen LogP contribution in [0.4, 0.5) is 11.5 Å². The number of hydrogen-bond acceptors (Lipinski definition) is 5. The molecule has 1 aliphatic heterocycles. The van der Waals surface area contributed by atoms with Crippen LogP contribution in [0, 0.1) is 23.0 Å². The van der Waals surface area contributed by atoms with Crippen LogP contribution in [-0.4, -0.2) is 41.5 Å². The van der Waals surface area contributed by atoms with Crippen LogP contribution in [0.2, 0.25) is 0 Å². The zero-order valence-corrected chi connectivity index (χ0v) is 12.1. The summed E-state index contributed by atoms with van der Waals surface area (Å²) >= 11 is 0. The fraction of sp³-hybridized carbons (Fsp3) is 0.643. The molecule has 1 fully saturated rings. The van der Waals surface area contributed by atoms with E-state index in [1.807, 2.05) is 6.92 Å². The third-order valence-electron chi connectivity index (χ3n) is 3.89. The lowest BCUT2D eigenvalue weighted by Crippen LogP contribution is -2.30. The molecule has 1 aliphatic rings. The number of hydrogen-bond donors (Lipinski definition) is 1. The van der Waals surface area contributed by atoms with E-state index in [0.717, 1.165) is 31.7 Å². The fourth-order valence-electron chi connectivity index (χ4n) is 2.57. The number of pyridine rings is 1. The normalized spacial score (nSPS) is 17.1. The van der Waals surface area contributed by atoms with E-state index in [0.29, 0.717) is 11.7 Å². The van der Waals surface area contributed by atoms with Crippen LogP contribution in [0.5, 0.6) is 0 Å². The molecule has 1 saturated heterocycles. The van der Waals surface area contributed by atoms with E-state index in [9.17, 15) is 10.1 Å². The minimum absolute atomic E-state index is 0.0546. The molecule has 2 heterocycles. The largest absolute Gasteiger partial charge is 0.364 e. The van der Waals surface area contributed by atoms with E-state index in [2.05, 4.69) is 22.2 Å². The lowest BCUT2D eigenvalue weighted by molar-refractivity contribution is -0.384. The Kier molecular flexibility index (Phi) is 4.89. The van der Waals surface area contributed by atoms with E-state index < -0.39 is 0 Å². The molecule has 1 aromatic rings. The highest BCUT2D eigenvalue weighted by atomic mass is 16.6. The molecule has 0 radical (unpaired) electrons. The van der Waals surface area contributed by atoms with E-state index >= 15 is 0 Å². The Balaban J connectivity index is 1.87. The SMILES string of the molecule is Cc1ccc([N+](=O)[O-])c(NCCC2CCN(C)CC2)n1. The van der Waals surface area contributed by atoms with Gasteiger partial charge in [0, 0.05) is 18.3 Å². The molecule has 0 saturated carbocycles. The second-order valence-electron chi connectivity index (χ2n) is 5.54. The minimum Gasteiger partial charge on any atom is -0.364 e. The van der Waals surface area contributed by atoms with E-state index in [-0.39, 0.29) is 10.6 Å². The third-order valence-corrected chi connectivity index (χ3v) is 3.89. The summed E-state index contributed by atoms with van der Waals surface area (Å²) in [5.74, 6) is 1.10. The first-order valence-corrected chi connectivity index (χ1v) is 7.10. The van der Waals surface area contributed by atoms with Crippen molar-refractivity contribution in [1.29, 1.82) is 0 Å². The van der Waals surface area contributed by atoms with Gasteiger partial charge in [-0.3, -0.25) is 10.1 Å². The molecule has 110 valence electrons. The maximum atomic E-state index is 11.0. The number of rotatable bonds is 5. The van der Waals surface area contributed by atoms with Gasteiger partial charge in [0.05, 0.1) is 4.92 Å². The Morgan fingerprint density at radius 1 is 1.45 bits per heavy atom. The van der Waals surface area contributed by atoms with Crippen LogP contribution in [0.15, 0.2) is 12.1 Å². The summed E-state index contributed by atoms with van der Waals surface area (Å²) in [5, 5.41) is 14.1. The molecule has 0 atom stereocenters. The molecule has 2 rings (SSSR count). The van der Waals surface area contributed by atoms with Gasteiger partial charge in [0.15, 0.2) is 0 Å². The van der Waals surface area contributed by atoms with Crippen molar-refractivity contribution in [1.82, 2.24) is 9.88 Å². The van der Waals surface area contributed by atoms with Gasteiger partial charge in [-0.25, -0.2) is 4.98 Å². The minimum atomic E-state index is -0.385. The predicted molar refractivity (Wildman–Crippen MR) is 79.0 cm³/mol. The van der Waals surface area contributed by atoms with Crippen LogP contribution < -0.4 is 5.32 Å². The van der Waals surface area contributed by atoms with Gasteiger partial charge in [0.25, 0.3) is 0 Å². The molecule has 6 heteroatoms. The molecule has 0 bridgehead atoms. The molecule has 0 aromatic carbocycles. The highest BCUT2D eigenvalue weighted by molar-refractivity contribution is 5.55. The van der Waals surface area contributed by atoms with E-state index in [4.69, 9.17) is 0 Å². The highest BCUT2D eigenvalue weighted by Crippen LogP contribution is 2.23. The van der Waals surface area contributed by atoms with Crippen LogP contribution in [-0.2, 0) is 0 Å². The van der Waals surface area contributed by atoms with Crippen molar-refractivity contribution in [2.45, 2.75) is 26.2 Å². The number of nitrogens with zero attached hydrogens (tertiary/aromatic N) is 3. The monoisotopic (exact) mass is 278 g/mol. The Hall–Kier alpha value is -1.69. The maximum Gasteiger partial charge on any atom is 0.311 e.